The second-order valence-corrected chi connectivity index (χ2v) is 5.33. The Morgan fingerprint density at radius 3 is 2.65 bits per heavy atom. The summed E-state index contributed by atoms with van der Waals surface area (Å²) in [5, 5.41) is 15.3. The SMILES string of the molecule is COCCOc1cc(/C=C/C2NC(=O)NC(=O)C2[N+](=O)[O-])ccc1OC. The maximum Gasteiger partial charge on any atom is 0.322 e. The number of nitro groups is 1. The number of carbonyl (C=O) groups excluding carboxylic acids is 2. The quantitative estimate of drug-likeness (QED) is 0.392. The number of rotatable bonds is 8. The number of hydrogen-bond donors (Lipinski definition) is 2. The van der Waals surface area contributed by atoms with Gasteiger partial charge in [0.1, 0.15) is 12.6 Å². The zero-order valence-electron chi connectivity index (χ0n) is 14.3. The van der Waals surface area contributed by atoms with Gasteiger partial charge in [-0.15, -0.1) is 0 Å². The molecule has 3 amide bonds. The van der Waals surface area contributed by atoms with Crippen LogP contribution in [0, 0.1) is 10.1 Å². The average Bonchev–Trinajstić information content (AvgIpc) is 2.59. The fourth-order valence-corrected chi connectivity index (χ4v) is 2.36. The number of urea groups is 1. The molecule has 2 unspecified atom stereocenters. The summed E-state index contributed by atoms with van der Waals surface area (Å²) in [6.45, 7) is 0.721. The van der Waals surface area contributed by atoms with Crippen LogP contribution < -0.4 is 20.1 Å². The second-order valence-electron chi connectivity index (χ2n) is 5.33. The number of nitrogens with zero attached hydrogens (tertiary/aromatic N) is 1. The summed E-state index contributed by atoms with van der Waals surface area (Å²) in [6.07, 6.45) is 2.95. The molecule has 10 nitrogen and oxygen atoms in total. The molecule has 0 aromatic heterocycles. The predicted octanol–water partition coefficient (Wildman–Crippen LogP) is 0.587. The minimum absolute atomic E-state index is 0.322. The molecule has 1 aromatic rings. The van der Waals surface area contributed by atoms with E-state index in [1.54, 1.807) is 31.4 Å². The van der Waals surface area contributed by atoms with Gasteiger partial charge in [0.25, 0.3) is 0 Å². The van der Waals surface area contributed by atoms with Crippen molar-refractivity contribution >= 4 is 18.0 Å². The van der Waals surface area contributed by atoms with Crippen LogP contribution in [0.1, 0.15) is 5.56 Å². The van der Waals surface area contributed by atoms with E-state index in [2.05, 4.69) is 5.32 Å². The monoisotopic (exact) mass is 365 g/mol. The van der Waals surface area contributed by atoms with E-state index in [0.717, 1.165) is 0 Å². The molecule has 1 aromatic carbocycles. The topological polar surface area (TPSA) is 129 Å². The van der Waals surface area contributed by atoms with Crippen molar-refractivity contribution in [2.45, 2.75) is 12.1 Å². The molecule has 0 spiro atoms. The van der Waals surface area contributed by atoms with Gasteiger partial charge in [-0.2, -0.15) is 0 Å². The largest absolute Gasteiger partial charge is 0.493 e. The van der Waals surface area contributed by atoms with Crippen LogP contribution in [0.25, 0.3) is 6.08 Å². The summed E-state index contributed by atoms with van der Waals surface area (Å²) >= 11 is 0. The van der Waals surface area contributed by atoms with Gasteiger partial charge in [-0.25, -0.2) is 4.79 Å². The highest BCUT2D eigenvalue weighted by molar-refractivity contribution is 6.00. The van der Waals surface area contributed by atoms with Crippen LogP contribution in [0.3, 0.4) is 0 Å². The van der Waals surface area contributed by atoms with Crippen molar-refractivity contribution in [2.24, 2.45) is 0 Å². The van der Waals surface area contributed by atoms with Gasteiger partial charge in [0.05, 0.1) is 13.7 Å². The fraction of sp³-hybridized carbons (Fsp3) is 0.375. The maximum absolute atomic E-state index is 11.7. The number of amides is 3. The highest BCUT2D eigenvalue weighted by Crippen LogP contribution is 2.28. The first kappa shape index (κ1) is 19.2. The van der Waals surface area contributed by atoms with Crippen molar-refractivity contribution in [3.05, 3.63) is 40.0 Å². The highest BCUT2D eigenvalue weighted by atomic mass is 16.6. The number of imide groups is 1. The number of carbonyl (C=O) groups is 2. The number of methoxy groups -OCH3 is 2. The van der Waals surface area contributed by atoms with Crippen molar-refractivity contribution in [3.63, 3.8) is 0 Å². The third kappa shape index (κ3) is 4.70. The molecule has 0 aliphatic carbocycles. The van der Waals surface area contributed by atoms with E-state index < -0.39 is 28.9 Å². The molecule has 2 rings (SSSR count). The lowest BCUT2D eigenvalue weighted by atomic mass is 10.0. The predicted molar refractivity (Wildman–Crippen MR) is 90.6 cm³/mol. The van der Waals surface area contributed by atoms with Crippen molar-refractivity contribution < 1.29 is 28.7 Å². The number of benzene rings is 1. The maximum atomic E-state index is 11.7. The van der Waals surface area contributed by atoms with Gasteiger partial charge in [0.15, 0.2) is 11.5 Å². The van der Waals surface area contributed by atoms with E-state index in [1.807, 2.05) is 5.32 Å². The summed E-state index contributed by atoms with van der Waals surface area (Å²) in [5.41, 5.74) is 0.653. The van der Waals surface area contributed by atoms with E-state index in [4.69, 9.17) is 14.2 Å². The molecule has 26 heavy (non-hydrogen) atoms. The summed E-state index contributed by atoms with van der Waals surface area (Å²) in [6, 6.07) is 1.63. The minimum Gasteiger partial charge on any atom is -0.493 e. The van der Waals surface area contributed by atoms with Crippen LogP contribution >= 0.6 is 0 Å². The lowest BCUT2D eigenvalue weighted by Crippen LogP contribution is -2.62. The Hall–Kier alpha value is -3.14. The molecule has 140 valence electrons. The van der Waals surface area contributed by atoms with Crippen molar-refractivity contribution in [1.29, 1.82) is 0 Å². The molecule has 1 fully saturated rings. The number of ether oxygens (including phenoxy) is 3. The molecule has 0 saturated carbocycles. The summed E-state index contributed by atoms with van der Waals surface area (Å²) in [5.74, 6) is 0.0430. The van der Waals surface area contributed by atoms with Crippen LogP contribution in [-0.2, 0) is 9.53 Å². The number of nitrogens with one attached hydrogen (secondary N) is 2. The first-order valence-electron chi connectivity index (χ1n) is 7.69. The standard InChI is InChI=1S/C16H19N3O7/c1-24-7-8-26-13-9-10(4-6-12(13)25-2)3-5-11-14(19(22)23)15(20)18-16(21)17-11/h3-6,9,11,14H,7-8H2,1-2H3,(H2,17,18,20,21)/b5-3+. The van der Waals surface area contributed by atoms with Gasteiger partial charge in [0.2, 0.25) is 0 Å². The molecular formula is C16H19N3O7. The summed E-state index contributed by atoms with van der Waals surface area (Å²) in [7, 11) is 3.06. The first-order valence-corrected chi connectivity index (χ1v) is 7.69. The minimum atomic E-state index is -1.60. The Labute approximate surface area is 149 Å². The third-order valence-corrected chi connectivity index (χ3v) is 3.60. The van der Waals surface area contributed by atoms with Crippen LogP contribution in [0.15, 0.2) is 24.3 Å². The lowest BCUT2D eigenvalue weighted by Gasteiger charge is -2.23. The molecular weight excluding hydrogens is 346 g/mol. The fourth-order valence-electron chi connectivity index (χ4n) is 2.36. The van der Waals surface area contributed by atoms with E-state index in [-0.39, 0.29) is 0 Å². The van der Waals surface area contributed by atoms with Gasteiger partial charge in [0, 0.05) is 12.0 Å². The smallest absolute Gasteiger partial charge is 0.322 e. The van der Waals surface area contributed by atoms with E-state index in [1.165, 1.54) is 13.2 Å². The molecule has 1 saturated heterocycles. The van der Waals surface area contributed by atoms with Gasteiger partial charge in [-0.1, -0.05) is 18.2 Å². The zero-order valence-corrected chi connectivity index (χ0v) is 14.3. The molecule has 2 N–H and O–H groups in total. The molecule has 0 radical (unpaired) electrons. The number of hydrogen-bond acceptors (Lipinski definition) is 7. The van der Waals surface area contributed by atoms with Gasteiger partial charge < -0.3 is 19.5 Å². The Kier molecular flexibility index (Phi) is 6.50. The van der Waals surface area contributed by atoms with Crippen LogP contribution in [0.2, 0.25) is 0 Å². The molecule has 2 atom stereocenters. The van der Waals surface area contributed by atoms with Crippen molar-refractivity contribution in [2.75, 3.05) is 27.4 Å². The third-order valence-electron chi connectivity index (χ3n) is 3.60. The molecule has 1 aliphatic rings. The van der Waals surface area contributed by atoms with Gasteiger partial charge in [-0.3, -0.25) is 20.2 Å². The second kappa shape index (κ2) is 8.81. The Morgan fingerprint density at radius 2 is 2.00 bits per heavy atom. The molecule has 1 heterocycles. The van der Waals surface area contributed by atoms with E-state index >= 15 is 0 Å². The van der Waals surface area contributed by atoms with Gasteiger partial charge >= 0.3 is 18.0 Å². The van der Waals surface area contributed by atoms with E-state index in [9.17, 15) is 19.7 Å². The first-order chi connectivity index (χ1) is 12.5. The van der Waals surface area contributed by atoms with Crippen molar-refractivity contribution in [3.8, 4) is 11.5 Å². The van der Waals surface area contributed by atoms with Gasteiger partial charge in [-0.05, 0) is 17.7 Å². The van der Waals surface area contributed by atoms with Crippen molar-refractivity contribution in [1.82, 2.24) is 10.6 Å². The Bertz CT molecular complexity index is 720. The Morgan fingerprint density at radius 1 is 1.23 bits per heavy atom. The zero-order chi connectivity index (χ0) is 19.1. The molecule has 0 bridgehead atoms. The average molecular weight is 365 g/mol. The lowest BCUT2D eigenvalue weighted by molar-refractivity contribution is -0.510. The van der Waals surface area contributed by atoms with Crippen LogP contribution in [0.5, 0.6) is 11.5 Å². The van der Waals surface area contributed by atoms with Crippen LogP contribution in [0.4, 0.5) is 4.79 Å². The van der Waals surface area contributed by atoms with E-state index in [0.29, 0.717) is 30.3 Å². The molecule has 1 aliphatic heterocycles. The normalized spacial score (nSPS) is 19.8. The molecule has 10 heteroatoms. The summed E-state index contributed by atoms with van der Waals surface area (Å²) in [4.78, 5) is 33.4. The Balaban J connectivity index is 2.19. The van der Waals surface area contributed by atoms with Crippen LogP contribution in [-0.4, -0.2) is 56.4 Å². The highest BCUT2D eigenvalue weighted by Gasteiger charge is 2.43. The summed E-state index contributed by atoms with van der Waals surface area (Å²) < 4.78 is 15.7.